The summed E-state index contributed by atoms with van der Waals surface area (Å²) in [6, 6.07) is 4.94. The lowest BCUT2D eigenvalue weighted by Gasteiger charge is -2.20. The van der Waals surface area contributed by atoms with Gasteiger partial charge in [-0.1, -0.05) is 23.8 Å². The monoisotopic (exact) mass is 409 g/mol. The zero-order valence-electron chi connectivity index (χ0n) is 15.8. The highest BCUT2D eigenvalue weighted by Crippen LogP contribution is 2.33. The second-order valence-electron chi connectivity index (χ2n) is 6.86. The van der Waals surface area contributed by atoms with Gasteiger partial charge in [0.1, 0.15) is 0 Å². The summed E-state index contributed by atoms with van der Waals surface area (Å²) in [6.07, 6.45) is 0.719. The molecule has 0 radical (unpaired) electrons. The van der Waals surface area contributed by atoms with Gasteiger partial charge >= 0.3 is 6.18 Å². The molecule has 1 aromatic heterocycles. The van der Waals surface area contributed by atoms with Crippen molar-refractivity contribution < 1.29 is 22.8 Å². The lowest BCUT2D eigenvalue weighted by atomic mass is 10.1. The molecule has 0 bridgehead atoms. The molecule has 1 aliphatic heterocycles. The Kier molecular flexibility index (Phi) is 6.50. The summed E-state index contributed by atoms with van der Waals surface area (Å²) in [5, 5.41) is 10.00. The predicted molar refractivity (Wildman–Crippen MR) is 98.4 cm³/mol. The number of halogens is 3. The number of likely N-dealkylation sites (tertiary alicyclic amines) is 1. The first kappa shape index (κ1) is 20.8. The summed E-state index contributed by atoms with van der Waals surface area (Å²) >= 11 is 0. The van der Waals surface area contributed by atoms with Crippen LogP contribution in [0.25, 0.3) is 5.69 Å². The molecule has 2 heterocycles. The molecule has 0 atom stereocenters. The van der Waals surface area contributed by atoms with Gasteiger partial charge in [-0.15, -0.1) is 5.10 Å². The van der Waals surface area contributed by atoms with Gasteiger partial charge in [0, 0.05) is 26.1 Å². The number of nitrogens with one attached hydrogen (secondary N) is 1. The van der Waals surface area contributed by atoms with Gasteiger partial charge in [-0.3, -0.25) is 9.59 Å². The standard InChI is InChI=1S/C19H22F3N5O2/c20-19(21,22)14-7-3-4-8-16(14)27-13-15(24-25-27)18(29)23-10-6-12-26-11-5-1-2-9-17(26)28/h3-4,7-8,13H,1-2,5-6,9-12H2,(H,23,29). The Labute approximate surface area is 165 Å². The van der Waals surface area contributed by atoms with Crippen LogP contribution in [-0.4, -0.2) is 51.3 Å². The van der Waals surface area contributed by atoms with Gasteiger partial charge in [-0.05, 0) is 31.4 Å². The van der Waals surface area contributed by atoms with Crippen LogP contribution < -0.4 is 5.32 Å². The first-order valence-electron chi connectivity index (χ1n) is 9.51. The van der Waals surface area contributed by atoms with Crippen LogP contribution in [-0.2, 0) is 11.0 Å². The molecule has 1 aliphatic rings. The Hall–Kier alpha value is -2.91. The van der Waals surface area contributed by atoms with Crippen LogP contribution in [0.5, 0.6) is 0 Å². The summed E-state index contributed by atoms with van der Waals surface area (Å²) in [7, 11) is 0. The van der Waals surface area contributed by atoms with Gasteiger partial charge in [0.25, 0.3) is 5.91 Å². The average Bonchev–Trinajstić information content (AvgIpc) is 3.09. The van der Waals surface area contributed by atoms with Crippen LogP contribution in [0.4, 0.5) is 13.2 Å². The molecule has 3 rings (SSSR count). The molecule has 0 spiro atoms. The molecule has 0 aliphatic carbocycles. The number of para-hydroxylation sites is 1. The molecule has 0 saturated carbocycles. The maximum atomic E-state index is 13.1. The zero-order chi connectivity index (χ0) is 20.9. The minimum absolute atomic E-state index is 0.0761. The van der Waals surface area contributed by atoms with Crippen molar-refractivity contribution in [2.75, 3.05) is 19.6 Å². The second-order valence-corrected chi connectivity index (χ2v) is 6.86. The molecule has 2 amide bonds. The molecule has 156 valence electrons. The maximum absolute atomic E-state index is 13.1. The van der Waals surface area contributed by atoms with Crippen molar-refractivity contribution in [1.29, 1.82) is 0 Å². The molecule has 1 fully saturated rings. The van der Waals surface area contributed by atoms with E-state index in [1.54, 1.807) is 0 Å². The van der Waals surface area contributed by atoms with Crippen molar-refractivity contribution in [1.82, 2.24) is 25.2 Å². The first-order chi connectivity index (χ1) is 13.9. The zero-order valence-corrected chi connectivity index (χ0v) is 15.8. The molecule has 0 unspecified atom stereocenters. The van der Waals surface area contributed by atoms with Gasteiger partial charge in [0.05, 0.1) is 17.4 Å². The summed E-state index contributed by atoms with van der Waals surface area (Å²) < 4.78 is 40.4. The summed E-state index contributed by atoms with van der Waals surface area (Å²) in [6.45, 7) is 1.62. The van der Waals surface area contributed by atoms with Crippen molar-refractivity contribution in [3.05, 3.63) is 41.7 Å². The fourth-order valence-corrected chi connectivity index (χ4v) is 3.24. The highest BCUT2D eigenvalue weighted by Gasteiger charge is 2.34. The largest absolute Gasteiger partial charge is 0.418 e. The van der Waals surface area contributed by atoms with E-state index in [0.717, 1.165) is 42.8 Å². The van der Waals surface area contributed by atoms with E-state index in [2.05, 4.69) is 15.6 Å². The van der Waals surface area contributed by atoms with Crippen molar-refractivity contribution in [3.63, 3.8) is 0 Å². The molecule has 10 heteroatoms. The average molecular weight is 409 g/mol. The summed E-state index contributed by atoms with van der Waals surface area (Å²) in [4.78, 5) is 26.0. The van der Waals surface area contributed by atoms with Crippen molar-refractivity contribution >= 4 is 11.8 Å². The fourth-order valence-electron chi connectivity index (χ4n) is 3.24. The number of nitrogens with zero attached hydrogens (tertiary/aromatic N) is 4. The van der Waals surface area contributed by atoms with E-state index in [4.69, 9.17) is 0 Å². The van der Waals surface area contributed by atoms with E-state index >= 15 is 0 Å². The van der Waals surface area contributed by atoms with Crippen LogP contribution in [0.2, 0.25) is 0 Å². The third-order valence-corrected chi connectivity index (χ3v) is 4.74. The predicted octanol–water partition coefficient (Wildman–Crippen LogP) is 2.81. The van der Waals surface area contributed by atoms with Crippen LogP contribution in [0, 0.1) is 0 Å². The Bertz CT molecular complexity index is 866. The highest BCUT2D eigenvalue weighted by molar-refractivity contribution is 5.91. The molecular weight excluding hydrogens is 387 g/mol. The third-order valence-electron chi connectivity index (χ3n) is 4.74. The number of amides is 2. The molecule has 2 aromatic rings. The minimum atomic E-state index is -4.55. The van der Waals surface area contributed by atoms with Gasteiger partial charge in [-0.25, -0.2) is 4.68 Å². The Morgan fingerprint density at radius 1 is 1.17 bits per heavy atom. The van der Waals surface area contributed by atoms with Crippen LogP contribution in [0.1, 0.15) is 48.2 Å². The minimum Gasteiger partial charge on any atom is -0.351 e. The Morgan fingerprint density at radius 3 is 2.76 bits per heavy atom. The molecule has 29 heavy (non-hydrogen) atoms. The van der Waals surface area contributed by atoms with Crippen LogP contribution in [0.15, 0.2) is 30.5 Å². The number of alkyl halides is 3. The quantitative estimate of drug-likeness (QED) is 0.744. The fraction of sp³-hybridized carbons (Fsp3) is 0.474. The number of hydrogen-bond donors (Lipinski definition) is 1. The van der Waals surface area contributed by atoms with E-state index in [9.17, 15) is 22.8 Å². The van der Waals surface area contributed by atoms with E-state index in [1.165, 1.54) is 18.2 Å². The Balaban J connectivity index is 1.56. The van der Waals surface area contributed by atoms with Crippen molar-refractivity contribution in [2.45, 2.75) is 38.3 Å². The van der Waals surface area contributed by atoms with Gasteiger partial charge in [0.15, 0.2) is 5.69 Å². The van der Waals surface area contributed by atoms with Gasteiger partial charge in [-0.2, -0.15) is 13.2 Å². The number of benzene rings is 1. The molecular formula is C19H22F3N5O2. The first-order valence-corrected chi connectivity index (χ1v) is 9.51. The lowest BCUT2D eigenvalue weighted by Crippen LogP contribution is -2.34. The van der Waals surface area contributed by atoms with Gasteiger partial charge in [0.2, 0.25) is 5.91 Å². The van der Waals surface area contributed by atoms with Gasteiger partial charge < -0.3 is 10.2 Å². The topological polar surface area (TPSA) is 80.1 Å². The summed E-state index contributed by atoms with van der Waals surface area (Å²) in [5.74, 6) is -0.386. The lowest BCUT2D eigenvalue weighted by molar-refractivity contribution is -0.137. The number of hydrogen-bond acceptors (Lipinski definition) is 4. The SMILES string of the molecule is O=C(NCCCN1CCCCCC1=O)c1cn(-c2ccccc2C(F)(F)F)nn1. The van der Waals surface area contributed by atoms with E-state index in [-0.39, 0.29) is 17.3 Å². The highest BCUT2D eigenvalue weighted by atomic mass is 19.4. The van der Waals surface area contributed by atoms with Crippen molar-refractivity contribution in [2.24, 2.45) is 0 Å². The van der Waals surface area contributed by atoms with Crippen LogP contribution >= 0.6 is 0 Å². The van der Waals surface area contributed by atoms with E-state index < -0.39 is 17.6 Å². The molecule has 1 aromatic carbocycles. The second kappa shape index (κ2) is 9.06. The molecule has 1 N–H and O–H groups in total. The van der Waals surface area contributed by atoms with Crippen LogP contribution in [0.3, 0.4) is 0 Å². The third kappa shape index (κ3) is 5.33. The van der Waals surface area contributed by atoms with Crippen molar-refractivity contribution in [3.8, 4) is 5.69 Å². The number of carbonyl (C=O) groups is 2. The smallest absolute Gasteiger partial charge is 0.351 e. The number of rotatable bonds is 6. The molecule has 1 saturated heterocycles. The maximum Gasteiger partial charge on any atom is 0.418 e. The number of carbonyl (C=O) groups excluding carboxylic acids is 2. The summed E-state index contributed by atoms with van der Waals surface area (Å²) in [5.41, 5.74) is -1.14. The van der Waals surface area contributed by atoms with E-state index in [1.807, 2.05) is 4.90 Å². The molecule has 7 nitrogen and oxygen atoms in total. The normalized spacial score (nSPS) is 15.3. The Morgan fingerprint density at radius 2 is 1.97 bits per heavy atom. The number of aromatic nitrogens is 3. The van der Waals surface area contributed by atoms with E-state index in [0.29, 0.717) is 25.9 Å².